The molecule has 0 saturated heterocycles. The molecule has 0 aromatic rings. The topological polar surface area (TPSA) is 80.2 Å². The zero-order valence-electron chi connectivity index (χ0n) is 5.74. The van der Waals surface area contributed by atoms with Crippen molar-refractivity contribution in [3.05, 3.63) is 0 Å². The Morgan fingerprint density at radius 1 is 1.50 bits per heavy atom. The van der Waals surface area contributed by atoms with Crippen molar-refractivity contribution in [1.29, 1.82) is 0 Å². The van der Waals surface area contributed by atoms with E-state index in [-0.39, 0.29) is 10.4 Å². The van der Waals surface area contributed by atoms with Gasteiger partial charge in [0.2, 0.25) is 0 Å². The van der Waals surface area contributed by atoms with Crippen LogP contribution in [0.5, 0.6) is 0 Å². The van der Waals surface area contributed by atoms with E-state index in [1.54, 1.807) is 0 Å². The molecule has 0 radical (unpaired) electrons. The molecule has 0 bridgehead atoms. The van der Waals surface area contributed by atoms with Crippen LogP contribution < -0.4 is 5.73 Å². The van der Waals surface area contributed by atoms with Crippen LogP contribution in [-0.4, -0.2) is 29.8 Å². The molecule has 0 heterocycles. The van der Waals surface area contributed by atoms with Gasteiger partial charge in [0.15, 0.2) is 5.17 Å². The maximum absolute atomic E-state index is 8.11. The molecule has 0 aliphatic rings. The van der Waals surface area contributed by atoms with Gasteiger partial charge in [-0.05, 0) is 0 Å². The van der Waals surface area contributed by atoms with Gasteiger partial charge in [0.05, 0.1) is 0 Å². The zero-order valence-corrected chi connectivity index (χ0v) is 6.55. The van der Waals surface area contributed by atoms with Crippen LogP contribution in [-0.2, 0) is 4.89 Å². The highest BCUT2D eigenvalue weighted by atomic mass is 32.2. The Balaban J connectivity index is 3.88. The lowest BCUT2D eigenvalue weighted by Gasteiger charge is -1.97. The molecule has 0 spiro atoms. The molecule has 58 valence electrons. The van der Waals surface area contributed by atoms with E-state index in [0.717, 1.165) is 11.8 Å². The van der Waals surface area contributed by atoms with Gasteiger partial charge in [-0.15, -0.1) is 0 Å². The normalized spacial score (nSPS) is 13.5. The molecule has 0 atom stereocenters. The lowest BCUT2D eigenvalue weighted by Crippen LogP contribution is -2.10. The third-order valence-corrected chi connectivity index (χ3v) is 1.50. The summed E-state index contributed by atoms with van der Waals surface area (Å²) in [7, 11) is 3.01. The van der Waals surface area contributed by atoms with Crippen LogP contribution in [0.25, 0.3) is 0 Å². The third-order valence-electron chi connectivity index (χ3n) is 0.673. The van der Waals surface area contributed by atoms with Crippen molar-refractivity contribution in [3.8, 4) is 0 Å². The summed E-state index contributed by atoms with van der Waals surface area (Å²) in [6, 6.07) is 0. The number of nitrogens with two attached hydrogens (primary N) is 1. The van der Waals surface area contributed by atoms with E-state index < -0.39 is 0 Å². The van der Waals surface area contributed by atoms with Gasteiger partial charge < -0.3 is 10.6 Å². The van der Waals surface area contributed by atoms with Gasteiger partial charge in [-0.3, -0.25) is 4.99 Å². The lowest BCUT2D eigenvalue weighted by atomic mass is 11.2. The first kappa shape index (κ1) is 9.25. The zero-order chi connectivity index (χ0) is 7.98. The van der Waals surface area contributed by atoms with Gasteiger partial charge in [0.1, 0.15) is 0 Å². The van der Waals surface area contributed by atoms with Crippen LogP contribution in [0.15, 0.2) is 9.98 Å². The Bertz CT molecular complexity index is 157. The van der Waals surface area contributed by atoms with Crippen LogP contribution >= 0.6 is 11.8 Å². The molecule has 0 aromatic heterocycles. The van der Waals surface area contributed by atoms with E-state index in [2.05, 4.69) is 14.9 Å². The summed E-state index contributed by atoms with van der Waals surface area (Å²) in [6.07, 6.45) is 0. The van der Waals surface area contributed by atoms with Crippen LogP contribution in [0.3, 0.4) is 0 Å². The molecule has 6 heteroatoms. The predicted molar refractivity (Wildman–Crippen MR) is 42.2 cm³/mol. The number of rotatable bonds is 0. The van der Waals surface area contributed by atoms with Crippen molar-refractivity contribution in [1.82, 2.24) is 0 Å². The molecule has 3 N–H and O–H groups in total. The van der Waals surface area contributed by atoms with Crippen molar-refractivity contribution >= 4 is 22.2 Å². The fraction of sp³-hybridized carbons (Fsp3) is 0.500. The number of amidine groups is 1. The molecule has 0 amide bonds. The Morgan fingerprint density at radius 3 is 2.40 bits per heavy atom. The predicted octanol–water partition coefficient (Wildman–Crippen LogP) is 0.139. The maximum atomic E-state index is 8.11. The van der Waals surface area contributed by atoms with Gasteiger partial charge in [0, 0.05) is 25.9 Å². The fourth-order valence-corrected chi connectivity index (χ4v) is 0.639. The number of hydrogen-bond donors (Lipinski definition) is 2. The summed E-state index contributed by atoms with van der Waals surface area (Å²) in [4.78, 5) is 11.0. The van der Waals surface area contributed by atoms with E-state index in [0.29, 0.717) is 0 Å². The quantitative estimate of drug-likeness (QED) is 0.230. The van der Waals surface area contributed by atoms with Crippen LogP contribution in [0.1, 0.15) is 0 Å². The minimum atomic E-state index is 0.0723. The highest BCUT2D eigenvalue weighted by molar-refractivity contribution is 8.26. The third kappa shape index (κ3) is 3.31. The van der Waals surface area contributed by atoms with Gasteiger partial charge in [0.25, 0.3) is 5.23 Å². The van der Waals surface area contributed by atoms with E-state index in [1.807, 2.05) is 0 Å². The first-order valence-corrected chi connectivity index (χ1v) is 3.24. The summed E-state index contributed by atoms with van der Waals surface area (Å²) in [5, 5.41) is 8.47. The summed E-state index contributed by atoms with van der Waals surface area (Å²) in [6.45, 7) is 0. The Kier molecular flexibility index (Phi) is 4.69. The number of hydrogen-bond acceptors (Lipinski definition) is 5. The molecule has 0 aromatic carbocycles. The Morgan fingerprint density at radius 2 is 2.10 bits per heavy atom. The van der Waals surface area contributed by atoms with Gasteiger partial charge >= 0.3 is 0 Å². The monoisotopic (exact) mass is 163 g/mol. The molecule has 5 nitrogen and oxygen atoms in total. The average Bonchev–Trinajstić information content (AvgIpc) is 1.99. The SMILES string of the molecule is CN=C(N)SC(=NC)OO. The summed E-state index contributed by atoms with van der Waals surface area (Å²) in [5.74, 6) is 0. The van der Waals surface area contributed by atoms with Crippen LogP contribution in [0, 0.1) is 0 Å². The van der Waals surface area contributed by atoms with Crippen molar-refractivity contribution in [2.45, 2.75) is 0 Å². The van der Waals surface area contributed by atoms with Crippen molar-refractivity contribution in [2.24, 2.45) is 15.7 Å². The van der Waals surface area contributed by atoms with Crippen molar-refractivity contribution in [2.75, 3.05) is 14.1 Å². The van der Waals surface area contributed by atoms with E-state index in [4.69, 9.17) is 11.0 Å². The highest BCUT2D eigenvalue weighted by Crippen LogP contribution is 2.02. The number of thioether (sulfide) groups is 1. The molecule has 0 rings (SSSR count). The van der Waals surface area contributed by atoms with Gasteiger partial charge in [-0.2, -0.15) is 0 Å². The number of aliphatic imine (C=N–C) groups is 2. The number of nitrogens with zero attached hydrogens (tertiary/aromatic N) is 2. The highest BCUT2D eigenvalue weighted by Gasteiger charge is 2.01. The largest absolute Gasteiger partial charge is 0.378 e. The fourth-order valence-electron chi connectivity index (χ4n) is 0.240. The molecular weight excluding hydrogens is 154 g/mol. The molecule has 0 saturated carbocycles. The van der Waals surface area contributed by atoms with Gasteiger partial charge in [-0.25, -0.2) is 10.2 Å². The summed E-state index contributed by atoms with van der Waals surface area (Å²) < 4.78 is 0. The average molecular weight is 163 g/mol. The van der Waals surface area contributed by atoms with Crippen molar-refractivity contribution in [3.63, 3.8) is 0 Å². The maximum Gasteiger partial charge on any atom is 0.293 e. The standard InChI is InChI=1S/C4H9N3O2S/c1-6-3(5)10-4(7-2)9-8/h8H,1-2H3,(H2,5,6). The van der Waals surface area contributed by atoms with Crippen LogP contribution in [0.2, 0.25) is 0 Å². The second-order valence-corrected chi connectivity index (χ2v) is 2.22. The van der Waals surface area contributed by atoms with E-state index in [9.17, 15) is 0 Å². The lowest BCUT2D eigenvalue weighted by molar-refractivity contribution is -0.150. The molecule has 0 aliphatic heterocycles. The van der Waals surface area contributed by atoms with Gasteiger partial charge in [-0.1, -0.05) is 0 Å². The molecule has 0 aliphatic carbocycles. The first-order valence-electron chi connectivity index (χ1n) is 2.43. The summed E-state index contributed by atoms with van der Waals surface area (Å²) >= 11 is 0.950. The summed E-state index contributed by atoms with van der Waals surface area (Å²) in [5.41, 5.74) is 5.27. The molecule has 0 fully saturated rings. The van der Waals surface area contributed by atoms with E-state index in [1.165, 1.54) is 14.1 Å². The van der Waals surface area contributed by atoms with Crippen molar-refractivity contribution < 1.29 is 10.1 Å². The molecule has 10 heavy (non-hydrogen) atoms. The Labute approximate surface area is 62.9 Å². The second-order valence-electron chi connectivity index (χ2n) is 1.24. The first-order chi connectivity index (χ1) is 4.74. The minimum absolute atomic E-state index is 0.0723. The second kappa shape index (κ2) is 5.07. The molecule has 0 unspecified atom stereocenters. The Hall–Kier alpha value is -0.750. The minimum Gasteiger partial charge on any atom is -0.378 e. The smallest absolute Gasteiger partial charge is 0.293 e. The van der Waals surface area contributed by atoms with E-state index >= 15 is 0 Å². The van der Waals surface area contributed by atoms with Crippen LogP contribution in [0.4, 0.5) is 0 Å². The molecular formula is C4H9N3O2S.